The van der Waals surface area contributed by atoms with Crippen LogP contribution >= 0.6 is 0 Å². The van der Waals surface area contributed by atoms with Crippen molar-refractivity contribution in [2.75, 3.05) is 19.5 Å². The van der Waals surface area contributed by atoms with Crippen molar-refractivity contribution >= 4 is 23.5 Å². The largest absolute Gasteiger partial charge is 0.481 e. The molecule has 1 amide bonds. The number of esters is 2. The summed E-state index contributed by atoms with van der Waals surface area (Å²) in [5.41, 5.74) is 1.53. The van der Waals surface area contributed by atoms with Crippen molar-refractivity contribution in [3.05, 3.63) is 59.2 Å². The maximum atomic E-state index is 12.7. The molecule has 7 heteroatoms. The van der Waals surface area contributed by atoms with E-state index in [1.807, 2.05) is 26.0 Å². The zero-order valence-corrected chi connectivity index (χ0v) is 16.3. The highest BCUT2D eigenvalue weighted by atomic mass is 16.5. The van der Waals surface area contributed by atoms with Gasteiger partial charge in [-0.05, 0) is 43.7 Å². The minimum Gasteiger partial charge on any atom is -0.481 e. The summed E-state index contributed by atoms with van der Waals surface area (Å²) in [5.74, 6) is -1.12. The van der Waals surface area contributed by atoms with Crippen molar-refractivity contribution in [2.24, 2.45) is 0 Å². The molecule has 7 nitrogen and oxygen atoms in total. The van der Waals surface area contributed by atoms with Crippen LogP contribution in [0.1, 0.15) is 39.6 Å². The van der Waals surface area contributed by atoms with E-state index >= 15 is 0 Å². The lowest BCUT2D eigenvalue weighted by atomic mass is 10.1. The topological polar surface area (TPSA) is 90.9 Å². The summed E-state index contributed by atoms with van der Waals surface area (Å²) in [6.07, 6.45) is -0.376. The summed E-state index contributed by atoms with van der Waals surface area (Å²) in [6.45, 7) is 3.76. The molecule has 0 spiro atoms. The third kappa shape index (κ3) is 5.09. The Balaban J connectivity index is 2.27. The highest BCUT2D eigenvalue weighted by molar-refractivity contribution is 6.04. The van der Waals surface area contributed by atoms with Crippen LogP contribution < -0.4 is 10.1 Å². The Hall–Kier alpha value is -3.35. The van der Waals surface area contributed by atoms with Crippen LogP contribution in [0, 0.1) is 6.92 Å². The second kappa shape index (κ2) is 9.55. The van der Waals surface area contributed by atoms with Crippen molar-refractivity contribution in [2.45, 2.75) is 26.4 Å². The van der Waals surface area contributed by atoms with Gasteiger partial charge in [-0.2, -0.15) is 0 Å². The smallest absolute Gasteiger partial charge is 0.339 e. The minimum atomic E-state index is -0.782. The van der Waals surface area contributed by atoms with Gasteiger partial charge in [-0.15, -0.1) is 0 Å². The van der Waals surface area contributed by atoms with E-state index in [1.165, 1.54) is 32.4 Å². The number of nitrogens with one attached hydrogen (secondary N) is 1. The van der Waals surface area contributed by atoms with E-state index < -0.39 is 23.9 Å². The normalized spacial score (nSPS) is 11.3. The molecule has 2 rings (SSSR count). The molecule has 0 saturated heterocycles. The molecule has 0 aromatic heterocycles. The van der Waals surface area contributed by atoms with Crippen LogP contribution in [0.5, 0.6) is 5.75 Å². The quantitative estimate of drug-likeness (QED) is 0.735. The molecule has 0 bridgehead atoms. The van der Waals surface area contributed by atoms with Crippen molar-refractivity contribution < 1.29 is 28.6 Å². The summed E-state index contributed by atoms with van der Waals surface area (Å²) in [4.78, 5) is 36.5. The summed E-state index contributed by atoms with van der Waals surface area (Å²) < 4.78 is 15.2. The fourth-order valence-corrected chi connectivity index (χ4v) is 2.50. The van der Waals surface area contributed by atoms with E-state index in [9.17, 15) is 14.4 Å². The van der Waals surface area contributed by atoms with E-state index in [2.05, 4.69) is 10.1 Å². The predicted molar refractivity (Wildman–Crippen MR) is 104 cm³/mol. The maximum Gasteiger partial charge on any atom is 0.339 e. The first-order chi connectivity index (χ1) is 13.4. The van der Waals surface area contributed by atoms with Crippen LogP contribution in [0.3, 0.4) is 0 Å². The van der Waals surface area contributed by atoms with Crippen molar-refractivity contribution in [1.82, 2.24) is 0 Å². The maximum absolute atomic E-state index is 12.7. The first-order valence-electron chi connectivity index (χ1n) is 8.74. The molecule has 148 valence electrons. The average molecular weight is 385 g/mol. The van der Waals surface area contributed by atoms with Gasteiger partial charge in [-0.25, -0.2) is 9.59 Å². The van der Waals surface area contributed by atoms with Crippen LogP contribution in [-0.2, 0) is 14.3 Å². The SMILES string of the molecule is CC[C@@H](Oc1ccc(C)cc1)C(=O)Nc1cc(C(=O)OC)ccc1C(=O)OC. The van der Waals surface area contributed by atoms with Crippen LogP contribution in [0.15, 0.2) is 42.5 Å². The fourth-order valence-electron chi connectivity index (χ4n) is 2.50. The highest BCUT2D eigenvalue weighted by Gasteiger charge is 2.22. The minimum absolute atomic E-state index is 0.119. The molecule has 2 aromatic carbocycles. The lowest BCUT2D eigenvalue weighted by Crippen LogP contribution is -2.33. The standard InChI is InChI=1S/C21H23NO6/c1-5-18(28-15-9-6-13(2)7-10-15)19(23)22-17-12-14(20(24)26-3)8-11-16(17)21(25)27-4/h6-12,18H,5H2,1-4H3,(H,22,23)/t18-/m1/s1. The van der Waals surface area contributed by atoms with Crippen LogP contribution in [0.25, 0.3) is 0 Å². The van der Waals surface area contributed by atoms with Gasteiger partial charge in [0.15, 0.2) is 6.10 Å². The summed E-state index contributed by atoms with van der Waals surface area (Å²) in [7, 11) is 2.48. The number of carbonyl (C=O) groups excluding carboxylic acids is 3. The molecule has 0 saturated carbocycles. The molecule has 0 aliphatic rings. The van der Waals surface area contributed by atoms with Crippen molar-refractivity contribution in [3.63, 3.8) is 0 Å². The Morgan fingerprint density at radius 2 is 1.61 bits per heavy atom. The molecule has 1 N–H and O–H groups in total. The Kier molecular flexibility index (Phi) is 7.14. The van der Waals surface area contributed by atoms with Gasteiger partial charge in [-0.1, -0.05) is 24.6 Å². The number of aryl methyl sites for hydroxylation is 1. The zero-order valence-electron chi connectivity index (χ0n) is 16.3. The Labute approximate surface area is 163 Å². The number of carbonyl (C=O) groups is 3. The van der Waals surface area contributed by atoms with Crippen LogP contribution in [-0.4, -0.2) is 38.2 Å². The summed E-state index contributed by atoms with van der Waals surface area (Å²) >= 11 is 0. The third-order valence-electron chi connectivity index (χ3n) is 4.07. The first kappa shape index (κ1) is 21.0. The van der Waals surface area contributed by atoms with Gasteiger partial charge in [0, 0.05) is 0 Å². The Bertz CT molecular complexity index is 860. The Morgan fingerprint density at radius 3 is 2.18 bits per heavy atom. The molecule has 2 aromatic rings. The van der Waals surface area contributed by atoms with E-state index in [-0.39, 0.29) is 16.8 Å². The molecule has 0 heterocycles. The monoisotopic (exact) mass is 385 g/mol. The molecule has 28 heavy (non-hydrogen) atoms. The lowest BCUT2D eigenvalue weighted by Gasteiger charge is -2.18. The van der Waals surface area contributed by atoms with Crippen molar-refractivity contribution in [1.29, 1.82) is 0 Å². The van der Waals surface area contributed by atoms with Crippen molar-refractivity contribution in [3.8, 4) is 5.75 Å². The predicted octanol–water partition coefficient (Wildman–Crippen LogP) is 3.36. The molecular weight excluding hydrogens is 362 g/mol. The highest BCUT2D eigenvalue weighted by Crippen LogP contribution is 2.21. The van der Waals surface area contributed by atoms with E-state index in [1.54, 1.807) is 12.1 Å². The number of amides is 1. The van der Waals surface area contributed by atoms with E-state index in [0.717, 1.165) is 5.56 Å². The van der Waals surface area contributed by atoms with Gasteiger partial charge in [0.05, 0.1) is 31.0 Å². The summed E-state index contributed by atoms with van der Waals surface area (Å²) in [5, 5.41) is 2.66. The number of methoxy groups -OCH3 is 2. The van der Waals surface area contributed by atoms with Gasteiger partial charge >= 0.3 is 11.9 Å². The number of anilines is 1. The van der Waals surface area contributed by atoms with Gasteiger partial charge in [-0.3, -0.25) is 4.79 Å². The second-order valence-corrected chi connectivity index (χ2v) is 6.06. The number of rotatable bonds is 7. The zero-order chi connectivity index (χ0) is 20.7. The van der Waals surface area contributed by atoms with Gasteiger partial charge in [0.2, 0.25) is 0 Å². The molecule has 1 atom stereocenters. The first-order valence-corrected chi connectivity index (χ1v) is 8.74. The third-order valence-corrected chi connectivity index (χ3v) is 4.07. The summed E-state index contributed by atoms with van der Waals surface area (Å²) in [6, 6.07) is 11.5. The van der Waals surface area contributed by atoms with E-state index in [0.29, 0.717) is 12.2 Å². The molecular formula is C21H23NO6. The van der Waals surface area contributed by atoms with Crippen LogP contribution in [0.4, 0.5) is 5.69 Å². The van der Waals surface area contributed by atoms with Gasteiger partial charge in [0.1, 0.15) is 5.75 Å². The molecule has 0 radical (unpaired) electrons. The fraction of sp³-hybridized carbons (Fsp3) is 0.286. The van der Waals surface area contributed by atoms with Gasteiger partial charge < -0.3 is 19.5 Å². The average Bonchev–Trinajstić information content (AvgIpc) is 2.71. The molecule has 0 fully saturated rings. The number of hydrogen-bond donors (Lipinski definition) is 1. The Morgan fingerprint density at radius 1 is 0.964 bits per heavy atom. The van der Waals surface area contributed by atoms with Gasteiger partial charge in [0.25, 0.3) is 5.91 Å². The molecule has 0 aliphatic carbocycles. The molecule has 0 aliphatic heterocycles. The lowest BCUT2D eigenvalue weighted by molar-refractivity contribution is -0.122. The number of ether oxygens (including phenoxy) is 3. The van der Waals surface area contributed by atoms with Crippen LogP contribution in [0.2, 0.25) is 0 Å². The van der Waals surface area contributed by atoms with E-state index in [4.69, 9.17) is 9.47 Å². The number of hydrogen-bond acceptors (Lipinski definition) is 6. The second-order valence-electron chi connectivity index (χ2n) is 6.06. The number of benzene rings is 2. The molecule has 0 unspecified atom stereocenters.